The van der Waals surface area contributed by atoms with Crippen molar-refractivity contribution in [2.75, 3.05) is 12.4 Å². The van der Waals surface area contributed by atoms with E-state index in [1.807, 2.05) is 0 Å². The van der Waals surface area contributed by atoms with Gasteiger partial charge in [-0.1, -0.05) is 0 Å². The Labute approximate surface area is 126 Å². The number of rotatable bonds is 2. The van der Waals surface area contributed by atoms with Crippen LogP contribution < -0.4 is 5.32 Å². The van der Waals surface area contributed by atoms with Gasteiger partial charge in [-0.05, 0) is 61.3 Å². The molecule has 1 aromatic carbocycles. The van der Waals surface area contributed by atoms with Gasteiger partial charge in [-0.2, -0.15) is 0 Å². The molecule has 0 aromatic heterocycles. The molecular formula is C14H18BrNO4. The van der Waals surface area contributed by atoms with E-state index in [2.05, 4.69) is 26.0 Å². The van der Waals surface area contributed by atoms with Crippen molar-refractivity contribution in [3.8, 4) is 0 Å². The van der Waals surface area contributed by atoms with Crippen molar-refractivity contribution in [3.05, 3.63) is 27.7 Å². The van der Waals surface area contributed by atoms with Crippen LogP contribution in [-0.4, -0.2) is 24.8 Å². The number of amides is 1. The molecule has 110 valence electrons. The summed E-state index contributed by atoms with van der Waals surface area (Å²) in [6.45, 7) is 7.12. The van der Waals surface area contributed by atoms with E-state index in [1.165, 1.54) is 7.11 Å². The van der Waals surface area contributed by atoms with E-state index in [9.17, 15) is 9.59 Å². The fourth-order valence-corrected chi connectivity index (χ4v) is 1.97. The summed E-state index contributed by atoms with van der Waals surface area (Å²) in [6.07, 6.45) is -0.552. The van der Waals surface area contributed by atoms with Crippen molar-refractivity contribution in [1.29, 1.82) is 0 Å². The molecular weight excluding hydrogens is 326 g/mol. The van der Waals surface area contributed by atoms with E-state index in [-0.39, 0.29) is 0 Å². The lowest BCUT2D eigenvalue weighted by Crippen LogP contribution is -2.27. The van der Waals surface area contributed by atoms with Crippen molar-refractivity contribution in [3.63, 3.8) is 0 Å². The van der Waals surface area contributed by atoms with Crippen LogP contribution in [0.2, 0.25) is 0 Å². The van der Waals surface area contributed by atoms with Crippen LogP contribution in [0.5, 0.6) is 0 Å². The summed E-state index contributed by atoms with van der Waals surface area (Å²) >= 11 is 3.36. The Morgan fingerprint density at radius 3 is 2.35 bits per heavy atom. The smallest absolute Gasteiger partial charge is 0.412 e. The van der Waals surface area contributed by atoms with Crippen molar-refractivity contribution in [2.24, 2.45) is 0 Å². The SMILES string of the molecule is COC(=O)c1ccc(NC(=O)OC(C)(C)C)c(Br)c1C. The van der Waals surface area contributed by atoms with Gasteiger partial charge in [-0.3, -0.25) is 5.32 Å². The zero-order chi connectivity index (χ0) is 15.5. The molecule has 0 saturated carbocycles. The van der Waals surface area contributed by atoms with Crippen LogP contribution in [0.1, 0.15) is 36.7 Å². The first-order valence-corrected chi connectivity index (χ1v) is 6.82. The van der Waals surface area contributed by atoms with Crippen molar-refractivity contribution in [2.45, 2.75) is 33.3 Å². The maximum Gasteiger partial charge on any atom is 0.412 e. The summed E-state index contributed by atoms with van der Waals surface area (Å²) in [5.41, 5.74) is 1.08. The second kappa shape index (κ2) is 6.26. The normalized spacial score (nSPS) is 10.9. The van der Waals surface area contributed by atoms with Gasteiger partial charge in [0.2, 0.25) is 0 Å². The summed E-state index contributed by atoms with van der Waals surface area (Å²) in [7, 11) is 1.32. The van der Waals surface area contributed by atoms with Crippen molar-refractivity contribution >= 4 is 33.7 Å². The molecule has 0 atom stereocenters. The number of benzene rings is 1. The van der Waals surface area contributed by atoms with Gasteiger partial charge in [0.05, 0.1) is 18.4 Å². The summed E-state index contributed by atoms with van der Waals surface area (Å²) < 4.78 is 10.5. The maximum absolute atomic E-state index is 11.7. The average molecular weight is 344 g/mol. The van der Waals surface area contributed by atoms with E-state index < -0.39 is 17.7 Å². The van der Waals surface area contributed by atoms with Gasteiger partial charge < -0.3 is 9.47 Å². The highest BCUT2D eigenvalue weighted by Crippen LogP contribution is 2.29. The minimum Gasteiger partial charge on any atom is -0.465 e. The maximum atomic E-state index is 11.7. The van der Waals surface area contributed by atoms with Gasteiger partial charge in [0.15, 0.2) is 0 Å². The van der Waals surface area contributed by atoms with Crippen LogP contribution >= 0.6 is 15.9 Å². The zero-order valence-electron chi connectivity index (χ0n) is 12.2. The van der Waals surface area contributed by atoms with Crippen LogP contribution in [0.4, 0.5) is 10.5 Å². The summed E-state index contributed by atoms with van der Waals surface area (Å²) in [6, 6.07) is 3.21. The standard InChI is InChI=1S/C14H18BrNO4/c1-8-9(12(17)19-5)6-7-10(11(8)15)16-13(18)20-14(2,3)4/h6-7H,1-5H3,(H,16,18). The van der Waals surface area contributed by atoms with Gasteiger partial charge in [0.25, 0.3) is 0 Å². The Bertz CT molecular complexity index is 535. The Morgan fingerprint density at radius 2 is 1.85 bits per heavy atom. The number of hydrogen-bond acceptors (Lipinski definition) is 4. The molecule has 20 heavy (non-hydrogen) atoms. The molecule has 0 radical (unpaired) electrons. The van der Waals surface area contributed by atoms with Crippen LogP contribution in [0.3, 0.4) is 0 Å². The highest BCUT2D eigenvalue weighted by atomic mass is 79.9. The zero-order valence-corrected chi connectivity index (χ0v) is 13.8. The molecule has 0 saturated heterocycles. The third-order valence-corrected chi connectivity index (χ3v) is 3.45. The predicted octanol–water partition coefficient (Wildman–Crippen LogP) is 3.89. The van der Waals surface area contributed by atoms with Gasteiger partial charge in [0, 0.05) is 4.47 Å². The molecule has 0 fully saturated rings. The molecule has 0 spiro atoms. The fraction of sp³-hybridized carbons (Fsp3) is 0.429. The lowest BCUT2D eigenvalue weighted by molar-refractivity contribution is 0.0598. The van der Waals surface area contributed by atoms with Crippen LogP contribution in [-0.2, 0) is 9.47 Å². The molecule has 1 N–H and O–H groups in total. The molecule has 6 heteroatoms. The number of carbonyl (C=O) groups is 2. The number of ether oxygens (including phenoxy) is 2. The molecule has 0 aliphatic heterocycles. The number of hydrogen-bond donors (Lipinski definition) is 1. The molecule has 0 heterocycles. The number of nitrogens with one attached hydrogen (secondary N) is 1. The number of esters is 1. The highest BCUT2D eigenvalue weighted by Gasteiger charge is 2.19. The molecule has 5 nitrogen and oxygen atoms in total. The topological polar surface area (TPSA) is 64.6 Å². The quantitative estimate of drug-likeness (QED) is 0.827. The van der Waals surface area contributed by atoms with Crippen LogP contribution in [0.25, 0.3) is 0 Å². The minimum atomic E-state index is -0.572. The molecule has 0 aliphatic rings. The number of carbonyl (C=O) groups excluding carboxylic acids is 2. The Kier molecular flexibility index (Phi) is 5.16. The molecule has 0 unspecified atom stereocenters. The highest BCUT2D eigenvalue weighted by molar-refractivity contribution is 9.10. The molecule has 1 rings (SSSR count). The minimum absolute atomic E-state index is 0.424. The van der Waals surface area contributed by atoms with E-state index in [0.717, 1.165) is 0 Å². The monoisotopic (exact) mass is 343 g/mol. The van der Waals surface area contributed by atoms with Crippen molar-refractivity contribution < 1.29 is 19.1 Å². The lowest BCUT2D eigenvalue weighted by atomic mass is 10.1. The lowest BCUT2D eigenvalue weighted by Gasteiger charge is -2.20. The molecule has 0 aliphatic carbocycles. The van der Waals surface area contributed by atoms with Gasteiger partial charge >= 0.3 is 12.1 Å². The first kappa shape index (κ1) is 16.5. The first-order chi connectivity index (χ1) is 9.15. The van der Waals surface area contributed by atoms with Gasteiger partial charge in [-0.15, -0.1) is 0 Å². The Morgan fingerprint density at radius 1 is 1.25 bits per heavy atom. The number of methoxy groups -OCH3 is 1. The Hall–Kier alpha value is -1.56. The van der Waals surface area contributed by atoms with Crippen molar-refractivity contribution in [1.82, 2.24) is 0 Å². The average Bonchev–Trinajstić information content (AvgIpc) is 2.32. The fourth-order valence-electron chi connectivity index (χ4n) is 1.53. The summed E-state index contributed by atoms with van der Waals surface area (Å²) in [4.78, 5) is 23.3. The number of anilines is 1. The van der Waals surface area contributed by atoms with E-state index >= 15 is 0 Å². The van der Waals surface area contributed by atoms with Crippen LogP contribution in [0, 0.1) is 6.92 Å². The largest absolute Gasteiger partial charge is 0.465 e. The molecule has 1 amide bonds. The summed E-state index contributed by atoms with van der Waals surface area (Å²) in [5, 5.41) is 2.63. The van der Waals surface area contributed by atoms with Crippen LogP contribution in [0.15, 0.2) is 16.6 Å². The van der Waals surface area contributed by atoms with Gasteiger partial charge in [0.1, 0.15) is 5.60 Å². The van der Waals surface area contributed by atoms with E-state index in [4.69, 9.17) is 4.74 Å². The van der Waals surface area contributed by atoms with Gasteiger partial charge in [-0.25, -0.2) is 9.59 Å². The predicted molar refractivity (Wildman–Crippen MR) is 80.1 cm³/mol. The van der Waals surface area contributed by atoms with E-state index in [0.29, 0.717) is 21.3 Å². The Balaban J connectivity index is 2.97. The van der Waals surface area contributed by atoms with E-state index in [1.54, 1.807) is 39.8 Å². The first-order valence-electron chi connectivity index (χ1n) is 6.03. The molecule has 0 bridgehead atoms. The second-order valence-corrected chi connectivity index (χ2v) is 6.01. The second-order valence-electron chi connectivity index (χ2n) is 5.22. The number of halogens is 1. The third kappa shape index (κ3) is 4.23. The molecule has 1 aromatic rings. The summed E-state index contributed by atoms with van der Waals surface area (Å²) in [5.74, 6) is -0.424. The third-order valence-electron chi connectivity index (χ3n) is 2.43.